The molecular formula is C23H22N2O6S. The molecule has 1 amide bonds. The molecule has 0 saturated carbocycles. The van der Waals surface area contributed by atoms with Gasteiger partial charge in [0, 0.05) is 31.3 Å². The van der Waals surface area contributed by atoms with E-state index in [-0.39, 0.29) is 22.2 Å². The van der Waals surface area contributed by atoms with E-state index in [1.165, 1.54) is 48.0 Å². The summed E-state index contributed by atoms with van der Waals surface area (Å²) in [5.41, 5.74) is 2.24. The summed E-state index contributed by atoms with van der Waals surface area (Å²) in [6.45, 7) is 2.51. The number of hydrogen-bond acceptors (Lipinski definition) is 6. The smallest absolute Gasteiger partial charge is 0.339 e. The molecule has 0 aliphatic carbocycles. The number of nitrogens with zero attached hydrogens (tertiary/aromatic N) is 2. The van der Waals surface area contributed by atoms with Crippen molar-refractivity contribution in [3.63, 3.8) is 0 Å². The van der Waals surface area contributed by atoms with Gasteiger partial charge in [-0.15, -0.1) is 0 Å². The molecule has 166 valence electrons. The van der Waals surface area contributed by atoms with Gasteiger partial charge in [-0.2, -0.15) is 8.42 Å². The molecule has 0 heterocycles. The summed E-state index contributed by atoms with van der Waals surface area (Å²) in [6.07, 6.45) is 0.945. The van der Waals surface area contributed by atoms with Gasteiger partial charge in [0.25, 0.3) is 11.6 Å². The largest absolute Gasteiger partial charge is 0.379 e. The van der Waals surface area contributed by atoms with Crippen molar-refractivity contribution in [2.75, 3.05) is 7.05 Å². The number of carbonyl (C=O) groups is 1. The Morgan fingerprint density at radius 3 is 2.22 bits per heavy atom. The summed E-state index contributed by atoms with van der Waals surface area (Å²) in [4.78, 5) is 24.1. The summed E-state index contributed by atoms with van der Waals surface area (Å²) in [7, 11) is -2.58. The third kappa shape index (κ3) is 5.50. The predicted octanol–water partition coefficient (Wildman–Crippen LogP) is 4.20. The van der Waals surface area contributed by atoms with E-state index in [1.807, 2.05) is 24.3 Å². The molecule has 0 atom stereocenters. The first kappa shape index (κ1) is 23.0. The van der Waals surface area contributed by atoms with Gasteiger partial charge >= 0.3 is 10.1 Å². The van der Waals surface area contributed by atoms with E-state index in [9.17, 15) is 23.3 Å². The first-order valence-corrected chi connectivity index (χ1v) is 11.2. The minimum atomic E-state index is -4.27. The maximum absolute atomic E-state index is 12.7. The number of amides is 1. The number of non-ortho nitro benzene ring substituents is 1. The highest BCUT2D eigenvalue weighted by molar-refractivity contribution is 7.87. The standard InChI is InChI=1S/C23H22N2O6S/c1-3-17-7-9-18(10-8-17)16-24(2)23(26)19-11-13-21(14-12-19)31-32(29,30)22-6-4-5-20(15-22)25(27)28/h4-15H,3,16H2,1-2H3. The minimum Gasteiger partial charge on any atom is -0.379 e. The third-order valence-corrected chi connectivity index (χ3v) is 6.07. The van der Waals surface area contributed by atoms with E-state index in [0.717, 1.165) is 18.1 Å². The average Bonchev–Trinajstić information content (AvgIpc) is 2.79. The van der Waals surface area contributed by atoms with Crippen LogP contribution in [0.3, 0.4) is 0 Å². The number of hydrogen-bond donors (Lipinski definition) is 0. The molecule has 32 heavy (non-hydrogen) atoms. The fraction of sp³-hybridized carbons (Fsp3) is 0.174. The fourth-order valence-corrected chi connectivity index (χ4v) is 4.00. The van der Waals surface area contributed by atoms with Gasteiger partial charge in [0.1, 0.15) is 10.6 Å². The Balaban J connectivity index is 1.69. The number of nitro groups is 1. The molecule has 0 saturated heterocycles. The highest BCUT2D eigenvalue weighted by Gasteiger charge is 2.20. The molecule has 3 aromatic carbocycles. The molecule has 8 nitrogen and oxygen atoms in total. The lowest BCUT2D eigenvalue weighted by Crippen LogP contribution is -2.26. The second-order valence-electron chi connectivity index (χ2n) is 7.15. The third-order valence-electron chi connectivity index (χ3n) is 4.82. The molecule has 0 aliphatic heterocycles. The fourth-order valence-electron chi connectivity index (χ4n) is 3.03. The zero-order valence-corrected chi connectivity index (χ0v) is 18.4. The number of carbonyl (C=O) groups excluding carboxylic acids is 1. The van der Waals surface area contributed by atoms with Crippen LogP contribution in [0.1, 0.15) is 28.4 Å². The van der Waals surface area contributed by atoms with Crippen LogP contribution in [0.4, 0.5) is 5.69 Å². The highest BCUT2D eigenvalue weighted by atomic mass is 32.2. The Bertz CT molecular complexity index is 1220. The number of rotatable bonds is 8. The summed E-state index contributed by atoms with van der Waals surface area (Å²) in [6, 6.07) is 18.3. The molecule has 0 aliphatic rings. The highest BCUT2D eigenvalue weighted by Crippen LogP contribution is 2.23. The van der Waals surface area contributed by atoms with Crippen molar-refractivity contribution in [3.8, 4) is 5.75 Å². The van der Waals surface area contributed by atoms with Gasteiger partial charge in [-0.05, 0) is 47.9 Å². The van der Waals surface area contributed by atoms with Crippen LogP contribution in [-0.4, -0.2) is 31.2 Å². The van der Waals surface area contributed by atoms with Crippen molar-refractivity contribution >= 4 is 21.7 Å². The Morgan fingerprint density at radius 2 is 1.62 bits per heavy atom. The monoisotopic (exact) mass is 454 g/mol. The van der Waals surface area contributed by atoms with E-state index in [4.69, 9.17) is 4.18 Å². The number of nitro benzene ring substituents is 1. The van der Waals surface area contributed by atoms with Crippen LogP contribution in [0.5, 0.6) is 5.75 Å². The molecule has 0 bridgehead atoms. The quantitative estimate of drug-likeness (QED) is 0.287. The molecule has 0 spiro atoms. The second kappa shape index (κ2) is 9.61. The Labute approximate surface area is 186 Å². The topological polar surface area (TPSA) is 107 Å². The van der Waals surface area contributed by atoms with E-state index in [0.29, 0.717) is 12.1 Å². The van der Waals surface area contributed by atoms with Crippen LogP contribution in [0.15, 0.2) is 77.7 Å². The van der Waals surface area contributed by atoms with Gasteiger partial charge in [-0.3, -0.25) is 14.9 Å². The lowest BCUT2D eigenvalue weighted by molar-refractivity contribution is -0.385. The van der Waals surface area contributed by atoms with Gasteiger partial charge in [0.15, 0.2) is 0 Å². The van der Waals surface area contributed by atoms with E-state index >= 15 is 0 Å². The summed E-state index contributed by atoms with van der Waals surface area (Å²) >= 11 is 0. The van der Waals surface area contributed by atoms with Crippen LogP contribution in [0, 0.1) is 10.1 Å². The van der Waals surface area contributed by atoms with Crippen LogP contribution in [0.2, 0.25) is 0 Å². The van der Waals surface area contributed by atoms with Crippen molar-refractivity contribution in [1.29, 1.82) is 0 Å². The van der Waals surface area contributed by atoms with Crippen molar-refractivity contribution in [2.45, 2.75) is 24.8 Å². The van der Waals surface area contributed by atoms with Gasteiger partial charge in [0.2, 0.25) is 0 Å². The van der Waals surface area contributed by atoms with Crippen LogP contribution >= 0.6 is 0 Å². The second-order valence-corrected chi connectivity index (χ2v) is 8.69. The van der Waals surface area contributed by atoms with Gasteiger partial charge in [0.05, 0.1) is 4.92 Å². The maximum atomic E-state index is 12.7. The number of aryl methyl sites for hydroxylation is 1. The molecule has 0 N–H and O–H groups in total. The van der Waals surface area contributed by atoms with Crippen LogP contribution < -0.4 is 4.18 Å². The maximum Gasteiger partial charge on any atom is 0.339 e. The summed E-state index contributed by atoms with van der Waals surface area (Å²) in [5.74, 6) is -0.233. The van der Waals surface area contributed by atoms with Crippen LogP contribution in [0.25, 0.3) is 0 Å². The zero-order chi connectivity index (χ0) is 23.3. The predicted molar refractivity (Wildman–Crippen MR) is 119 cm³/mol. The Morgan fingerprint density at radius 1 is 1.00 bits per heavy atom. The van der Waals surface area contributed by atoms with E-state index in [1.54, 1.807) is 11.9 Å². The molecular weight excluding hydrogens is 432 g/mol. The summed E-state index contributed by atoms with van der Waals surface area (Å²) < 4.78 is 29.9. The lowest BCUT2D eigenvalue weighted by Gasteiger charge is -2.18. The normalized spacial score (nSPS) is 11.1. The van der Waals surface area contributed by atoms with Gasteiger partial charge in [-0.25, -0.2) is 0 Å². The Kier molecular flexibility index (Phi) is 6.89. The molecule has 0 radical (unpaired) electrons. The molecule has 0 aromatic heterocycles. The number of benzene rings is 3. The van der Waals surface area contributed by atoms with E-state index in [2.05, 4.69) is 6.92 Å². The average molecular weight is 455 g/mol. The van der Waals surface area contributed by atoms with Gasteiger partial charge in [-0.1, -0.05) is 37.3 Å². The Hall–Kier alpha value is -3.72. The molecule has 0 unspecified atom stereocenters. The first-order chi connectivity index (χ1) is 15.2. The zero-order valence-electron chi connectivity index (χ0n) is 17.6. The molecule has 9 heteroatoms. The van der Waals surface area contributed by atoms with Crippen molar-refractivity contribution in [2.24, 2.45) is 0 Å². The van der Waals surface area contributed by atoms with Crippen molar-refractivity contribution in [3.05, 3.63) is 99.6 Å². The van der Waals surface area contributed by atoms with E-state index < -0.39 is 15.0 Å². The van der Waals surface area contributed by atoms with Crippen molar-refractivity contribution < 1.29 is 22.3 Å². The minimum absolute atomic E-state index is 0.00846. The molecule has 3 rings (SSSR count). The SMILES string of the molecule is CCc1ccc(CN(C)C(=O)c2ccc(OS(=O)(=O)c3cccc([N+](=O)[O-])c3)cc2)cc1. The van der Waals surface area contributed by atoms with Crippen LogP contribution in [-0.2, 0) is 23.1 Å². The lowest BCUT2D eigenvalue weighted by atomic mass is 10.1. The summed E-state index contributed by atoms with van der Waals surface area (Å²) in [5, 5.41) is 10.9. The van der Waals surface area contributed by atoms with Crippen molar-refractivity contribution in [1.82, 2.24) is 4.90 Å². The molecule has 3 aromatic rings. The van der Waals surface area contributed by atoms with Gasteiger partial charge < -0.3 is 9.08 Å². The molecule has 0 fully saturated rings. The first-order valence-electron chi connectivity index (χ1n) is 9.82.